The van der Waals surface area contributed by atoms with E-state index in [1.165, 1.54) is 45.0 Å². The highest BCUT2D eigenvalue weighted by Crippen LogP contribution is 2.29. The SMILES string of the molecule is CC(=O)N[C@H]1[C@H](OC[C@H](NC(=O)[C@H](CO)NC(=O)[C@H](CO)NC(=O)[C@@H](NC(=O)[C@@H]2CCCN2C(=O)[C@H](C)NC(=O)[C@H](CO)NC(=O)[C@H](Cc2ccc(O)cc2)NC(C)=O)C(C)C)C(=O)N[C@@H](CC(C)C)C(=O)N[C@@H](CO)C(=O)N[C@H](C(N)=O)C(C)C)O[C@H](COC(C)=O)[C@@H](OC(C)=O)[C@@H]1OC(C)=O. The zero-order valence-corrected chi connectivity index (χ0v) is 59.4. The summed E-state index contributed by atoms with van der Waals surface area (Å²) in [5.74, 6) is -17.8. The zero-order chi connectivity index (χ0) is 77.9. The van der Waals surface area contributed by atoms with Crippen LogP contribution in [-0.2, 0) is 107 Å². The van der Waals surface area contributed by atoms with Gasteiger partial charge >= 0.3 is 17.9 Å². The molecule has 1 aromatic rings. The Balaban J connectivity index is 1.93. The highest BCUT2D eigenvalue weighted by molar-refractivity contribution is 5.99. The number of aliphatic hydroxyl groups is 4. The predicted molar refractivity (Wildman–Crippen MR) is 354 cm³/mol. The molecular weight excluding hydrogens is 1370 g/mol. The Kier molecular flexibility index (Phi) is 35.7. The number of nitrogens with one attached hydrogen (secondary N) is 11. The van der Waals surface area contributed by atoms with Crippen LogP contribution in [0.1, 0.15) is 108 Å². The number of ether oxygens (including phenoxy) is 5. The molecule has 576 valence electrons. The molecular formula is C64H99N13O26. The smallest absolute Gasteiger partial charge is 0.303 e. The van der Waals surface area contributed by atoms with Gasteiger partial charge in [0.05, 0.1) is 33.0 Å². The van der Waals surface area contributed by atoms with E-state index in [4.69, 9.17) is 29.4 Å². The van der Waals surface area contributed by atoms with Crippen LogP contribution in [0.3, 0.4) is 0 Å². The molecule has 0 aromatic heterocycles. The molecule has 0 radical (unpaired) electrons. The number of likely N-dealkylation sites (tertiary alicyclic amines) is 1. The van der Waals surface area contributed by atoms with Gasteiger partial charge in [-0.2, -0.15) is 0 Å². The van der Waals surface area contributed by atoms with Gasteiger partial charge in [0.15, 0.2) is 18.5 Å². The van der Waals surface area contributed by atoms with E-state index in [-0.39, 0.29) is 38.0 Å². The molecule has 0 bridgehead atoms. The Bertz CT molecular complexity index is 3180. The first-order valence-corrected chi connectivity index (χ1v) is 33.1. The number of aromatic hydroxyl groups is 1. The van der Waals surface area contributed by atoms with Crippen LogP contribution in [0.15, 0.2) is 24.3 Å². The molecule has 0 saturated carbocycles. The number of esters is 3. The number of nitrogens with two attached hydrogens (primary N) is 1. The normalized spacial score (nSPS) is 20.0. The van der Waals surface area contributed by atoms with E-state index in [0.717, 1.165) is 39.5 Å². The number of phenols is 1. The molecule has 18 N–H and O–H groups in total. The van der Waals surface area contributed by atoms with E-state index in [0.29, 0.717) is 5.56 Å². The Morgan fingerprint density at radius 2 is 0.990 bits per heavy atom. The monoisotopic (exact) mass is 1470 g/mol. The number of phenolic OH excluding ortho intramolecular Hbond substituents is 1. The number of amides is 13. The van der Waals surface area contributed by atoms with Crippen LogP contribution in [0.5, 0.6) is 5.75 Å². The summed E-state index contributed by atoms with van der Waals surface area (Å²) in [5.41, 5.74) is 5.97. The lowest BCUT2D eigenvalue weighted by Gasteiger charge is -2.45. The molecule has 2 fully saturated rings. The van der Waals surface area contributed by atoms with Gasteiger partial charge in [0.1, 0.15) is 91.0 Å². The van der Waals surface area contributed by atoms with Crippen LogP contribution in [0, 0.1) is 17.8 Å². The van der Waals surface area contributed by atoms with Gasteiger partial charge in [0, 0.05) is 47.6 Å². The van der Waals surface area contributed by atoms with E-state index in [9.17, 15) is 102 Å². The fourth-order valence-corrected chi connectivity index (χ4v) is 10.8. The van der Waals surface area contributed by atoms with Crippen molar-refractivity contribution in [1.82, 2.24) is 63.4 Å². The molecule has 2 aliphatic rings. The molecule has 39 heteroatoms. The van der Waals surface area contributed by atoms with Crippen LogP contribution in [0.4, 0.5) is 0 Å². The number of carbonyl (C=O) groups is 16. The van der Waals surface area contributed by atoms with E-state index < -0.39 is 249 Å². The summed E-state index contributed by atoms with van der Waals surface area (Å²) in [6.07, 6.45) is -6.74. The fraction of sp³-hybridized carbons (Fsp3) is 0.656. The first kappa shape index (κ1) is 87.5. The van der Waals surface area contributed by atoms with Gasteiger partial charge in [0.25, 0.3) is 0 Å². The lowest BCUT2D eigenvalue weighted by Crippen LogP contribution is -2.67. The number of hydrogen-bond acceptors (Lipinski definition) is 26. The molecule has 2 saturated heterocycles. The summed E-state index contributed by atoms with van der Waals surface area (Å²) < 4.78 is 28.2. The van der Waals surface area contributed by atoms with E-state index >= 15 is 0 Å². The number of benzene rings is 1. The van der Waals surface area contributed by atoms with Crippen molar-refractivity contribution in [1.29, 1.82) is 0 Å². The summed E-state index contributed by atoms with van der Waals surface area (Å²) >= 11 is 0. The van der Waals surface area contributed by atoms with Crippen molar-refractivity contribution in [2.75, 3.05) is 46.2 Å². The average Bonchev–Trinajstić information content (AvgIpc) is 1.34. The first-order valence-electron chi connectivity index (χ1n) is 33.1. The maximum Gasteiger partial charge on any atom is 0.303 e. The van der Waals surface area contributed by atoms with E-state index in [1.54, 1.807) is 27.7 Å². The minimum absolute atomic E-state index is 0.00897. The minimum atomic E-state index is -2.09. The van der Waals surface area contributed by atoms with Crippen LogP contribution in [0.2, 0.25) is 0 Å². The van der Waals surface area contributed by atoms with Crippen molar-refractivity contribution < 1.29 is 126 Å². The van der Waals surface area contributed by atoms with E-state index in [2.05, 4.69) is 58.5 Å². The molecule has 0 spiro atoms. The lowest BCUT2D eigenvalue weighted by molar-refractivity contribution is -0.278. The van der Waals surface area contributed by atoms with Gasteiger partial charge in [-0.25, -0.2) is 0 Å². The molecule has 16 atom stereocenters. The van der Waals surface area contributed by atoms with Crippen LogP contribution in [-0.4, -0.2) is 268 Å². The third kappa shape index (κ3) is 27.9. The highest BCUT2D eigenvalue weighted by Gasteiger charge is 2.52. The molecule has 103 heavy (non-hydrogen) atoms. The molecule has 0 aliphatic carbocycles. The molecule has 39 nitrogen and oxygen atoms in total. The van der Waals surface area contributed by atoms with Crippen LogP contribution >= 0.6 is 0 Å². The van der Waals surface area contributed by atoms with Gasteiger partial charge in [-0.15, -0.1) is 0 Å². The number of aliphatic hydroxyl groups excluding tert-OH is 4. The third-order valence-corrected chi connectivity index (χ3v) is 15.9. The number of nitrogens with zero attached hydrogens (tertiary/aromatic N) is 1. The first-order chi connectivity index (χ1) is 48.3. The summed E-state index contributed by atoms with van der Waals surface area (Å²) in [4.78, 5) is 214. The second-order valence-corrected chi connectivity index (χ2v) is 25.7. The molecule has 13 amide bonds. The molecule has 2 heterocycles. The minimum Gasteiger partial charge on any atom is -0.508 e. The highest BCUT2D eigenvalue weighted by atomic mass is 16.7. The van der Waals surface area contributed by atoms with E-state index in [1.807, 2.05) is 0 Å². The van der Waals surface area contributed by atoms with Crippen molar-refractivity contribution in [3.63, 3.8) is 0 Å². The quantitative estimate of drug-likeness (QED) is 0.0215. The second kappa shape index (κ2) is 42.0. The van der Waals surface area contributed by atoms with Crippen molar-refractivity contribution >= 4 is 94.7 Å². The summed E-state index contributed by atoms with van der Waals surface area (Å²) in [6, 6.07) is -13.7. The number of primary amides is 1. The standard InChI is InChI=1S/C64H99N13O26/c1-28(2)20-39(54(89)71-44(25-81)59(94)75-48(29(3)4)53(65)88)69-60(95)45(26-100-64-50(68-33(9)83)52(102-36(12)86)51(101-35(11)85)47(103-64)27-99-34(10)84)74-58(93)42(23-79)72-57(92)43(24-80)73-62(97)49(30(5)6)76-61(96)46-14-13-19-77(46)63(98)31(7)66-56(91)41(22-78)70-55(90)40(67-32(8)82)21-37-15-17-38(87)18-16-37/h15-18,28-31,39-52,64,78-81,87H,13-14,19-27H2,1-12H3,(H2,65,88)(H,66,91)(H,67,82)(H,68,83)(H,69,95)(H,70,90)(H,71,89)(H,72,92)(H,73,97)(H,74,93)(H,75,94)(H,76,96)/t31-,39-,40-,41-,42-,43-,44-,45-,46-,47+,48-,49-,50+,51+,52+,64+/m0/s1. The largest absolute Gasteiger partial charge is 0.508 e. The van der Waals surface area contributed by atoms with Crippen LogP contribution < -0.4 is 64.2 Å². The predicted octanol–water partition coefficient (Wildman–Crippen LogP) is -7.70. The Labute approximate surface area is 593 Å². The molecule has 3 rings (SSSR count). The van der Waals surface area contributed by atoms with Crippen molar-refractivity contribution in [3.8, 4) is 5.75 Å². The van der Waals surface area contributed by atoms with Crippen LogP contribution in [0.25, 0.3) is 0 Å². The fourth-order valence-electron chi connectivity index (χ4n) is 10.8. The molecule has 1 aromatic carbocycles. The molecule has 0 unspecified atom stereocenters. The number of hydrogen-bond donors (Lipinski definition) is 17. The maximum absolute atomic E-state index is 14.7. The number of rotatable bonds is 39. The lowest BCUT2D eigenvalue weighted by atomic mass is 9.96. The Hall–Kier alpha value is -9.70. The van der Waals surface area contributed by atoms with Gasteiger partial charge in [-0.05, 0) is 61.6 Å². The van der Waals surface area contributed by atoms with Gasteiger partial charge in [-0.1, -0.05) is 53.7 Å². The Morgan fingerprint density at radius 1 is 0.534 bits per heavy atom. The van der Waals surface area contributed by atoms with Gasteiger partial charge in [-0.3, -0.25) is 76.7 Å². The van der Waals surface area contributed by atoms with Crippen molar-refractivity contribution in [3.05, 3.63) is 29.8 Å². The summed E-state index contributed by atoms with van der Waals surface area (Å²) in [5, 5.41) is 77.1. The number of carbonyl (C=O) groups excluding carboxylic acids is 16. The van der Waals surface area contributed by atoms with Gasteiger partial charge < -0.3 is 118 Å². The topological polar surface area (TPSA) is 582 Å². The maximum atomic E-state index is 14.7. The second-order valence-electron chi connectivity index (χ2n) is 25.7. The Morgan fingerprint density at radius 3 is 1.46 bits per heavy atom. The summed E-state index contributed by atoms with van der Waals surface area (Å²) in [6.45, 7) is 9.54. The zero-order valence-electron chi connectivity index (χ0n) is 59.4. The third-order valence-electron chi connectivity index (χ3n) is 15.9. The molecule has 2 aliphatic heterocycles. The van der Waals surface area contributed by atoms with Gasteiger partial charge in [0.2, 0.25) is 76.8 Å². The van der Waals surface area contributed by atoms with Crippen molar-refractivity contribution in [2.24, 2.45) is 23.5 Å². The summed E-state index contributed by atoms with van der Waals surface area (Å²) in [7, 11) is 0. The average molecular weight is 1470 g/mol. The van der Waals surface area contributed by atoms with Crippen molar-refractivity contribution in [2.45, 2.75) is 206 Å².